The van der Waals surface area contributed by atoms with Crippen LogP contribution in [0.5, 0.6) is 0 Å². The van der Waals surface area contributed by atoms with Crippen LogP contribution in [0, 0.1) is 11.3 Å². The summed E-state index contributed by atoms with van der Waals surface area (Å²) < 4.78 is 5.44. The van der Waals surface area contributed by atoms with Crippen molar-refractivity contribution in [3.05, 3.63) is 103 Å². The molecule has 0 unspecified atom stereocenters. The van der Waals surface area contributed by atoms with E-state index in [1.165, 1.54) is 4.90 Å². The molecule has 7 nitrogen and oxygen atoms in total. The molecule has 0 aliphatic heterocycles. The third-order valence-electron chi connectivity index (χ3n) is 5.02. The third kappa shape index (κ3) is 7.11. The molecule has 1 N–H and O–H groups in total. The van der Waals surface area contributed by atoms with E-state index in [0.29, 0.717) is 36.5 Å². The van der Waals surface area contributed by atoms with Crippen LogP contribution in [-0.4, -0.2) is 41.4 Å². The van der Waals surface area contributed by atoms with Crippen LogP contribution in [0.4, 0.5) is 10.5 Å². The summed E-state index contributed by atoms with van der Waals surface area (Å²) in [5, 5.41) is 11.7. The Hall–Kier alpha value is -4.31. The maximum absolute atomic E-state index is 13.2. The number of carbonyl (C=O) groups is 2. The van der Waals surface area contributed by atoms with Gasteiger partial charge < -0.3 is 19.5 Å². The van der Waals surface area contributed by atoms with Crippen LogP contribution in [-0.2, 0) is 17.8 Å². The minimum atomic E-state index is -0.422. The summed E-state index contributed by atoms with van der Waals surface area (Å²) in [6.07, 6.45) is 3.84. The first kappa shape index (κ1) is 23.4. The van der Waals surface area contributed by atoms with Gasteiger partial charge in [0, 0.05) is 18.8 Å². The molecule has 1 heterocycles. The van der Waals surface area contributed by atoms with E-state index in [-0.39, 0.29) is 19.0 Å². The monoisotopic (exact) mass is 442 g/mol. The van der Waals surface area contributed by atoms with Crippen LogP contribution in [0.1, 0.15) is 16.9 Å². The molecule has 0 fully saturated rings. The van der Waals surface area contributed by atoms with E-state index in [2.05, 4.69) is 11.9 Å². The van der Waals surface area contributed by atoms with Gasteiger partial charge in [-0.2, -0.15) is 5.26 Å². The first-order valence-corrected chi connectivity index (χ1v) is 10.6. The highest BCUT2D eigenvalue weighted by atomic mass is 16.3. The van der Waals surface area contributed by atoms with Crippen LogP contribution in [0.15, 0.2) is 90.1 Å². The van der Waals surface area contributed by atoms with Crippen molar-refractivity contribution in [2.75, 3.05) is 25.0 Å². The van der Waals surface area contributed by atoms with Crippen molar-refractivity contribution in [1.82, 2.24) is 9.80 Å². The maximum atomic E-state index is 13.2. The second kappa shape index (κ2) is 11.9. The molecular formula is C26H26N4O3. The Morgan fingerprint density at radius 2 is 1.79 bits per heavy atom. The molecule has 0 spiro atoms. The van der Waals surface area contributed by atoms with E-state index in [0.717, 1.165) is 5.56 Å². The second-order valence-corrected chi connectivity index (χ2v) is 7.42. The van der Waals surface area contributed by atoms with Gasteiger partial charge in [-0.05, 0) is 48.4 Å². The van der Waals surface area contributed by atoms with Crippen LogP contribution in [0.2, 0.25) is 0 Å². The molecular weight excluding hydrogens is 416 g/mol. The fraction of sp³-hybridized carbons (Fsp3) is 0.192. The van der Waals surface area contributed by atoms with Crippen molar-refractivity contribution in [3.63, 3.8) is 0 Å². The zero-order valence-corrected chi connectivity index (χ0v) is 18.3. The molecule has 0 aliphatic rings. The summed E-state index contributed by atoms with van der Waals surface area (Å²) in [5.74, 6) is 0.480. The number of urea groups is 1. The Kier molecular flexibility index (Phi) is 8.43. The lowest BCUT2D eigenvalue weighted by atomic mass is 10.1. The lowest BCUT2D eigenvalue weighted by molar-refractivity contribution is -0.132. The molecule has 3 rings (SSSR count). The van der Waals surface area contributed by atoms with Gasteiger partial charge in [0.05, 0.1) is 24.4 Å². The van der Waals surface area contributed by atoms with Crippen molar-refractivity contribution >= 4 is 17.6 Å². The number of hydrogen-bond donors (Lipinski definition) is 1. The van der Waals surface area contributed by atoms with Crippen molar-refractivity contribution < 1.29 is 14.0 Å². The zero-order valence-electron chi connectivity index (χ0n) is 18.3. The van der Waals surface area contributed by atoms with Crippen molar-refractivity contribution in [1.29, 1.82) is 5.26 Å². The lowest BCUT2D eigenvalue weighted by Gasteiger charge is -2.27. The summed E-state index contributed by atoms with van der Waals surface area (Å²) in [4.78, 5) is 29.1. The van der Waals surface area contributed by atoms with Gasteiger partial charge in [0.25, 0.3) is 0 Å². The summed E-state index contributed by atoms with van der Waals surface area (Å²) >= 11 is 0. The molecule has 0 saturated carbocycles. The number of benzene rings is 2. The molecule has 0 atom stereocenters. The SMILES string of the molecule is C=CCN(CC(=O)N(CCc1ccccc1)Cc1ccco1)C(=O)Nc1ccc(C#N)cc1. The quantitative estimate of drug-likeness (QED) is 0.470. The van der Waals surface area contributed by atoms with Crippen molar-refractivity contribution in [2.45, 2.75) is 13.0 Å². The number of hydrogen-bond acceptors (Lipinski definition) is 4. The second-order valence-electron chi connectivity index (χ2n) is 7.42. The molecule has 3 amide bonds. The van der Waals surface area contributed by atoms with Gasteiger partial charge in [0.1, 0.15) is 12.3 Å². The van der Waals surface area contributed by atoms with Gasteiger partial charge in [-0.1, -0.05) is 36.4 Å². The van der Waals surface area contributed by atoms with E-state index in [1.807, 2.05) is 42.5 Å². The van der Waals surface area contributed by atoms with Gasteiger partial charge in [-0.3, -0.25) is 4.79 Å². The van der Waals surface area contributed by atoms with Gasteiger partial charge in [0.15, 0.2) is 0 Å². The molecule has 168 valence electrons. The highest BCUT2D eigenvalue weighted by molar-refractivity contribution is 5.92. The minimum Gasteiger partial charge on any atom is -0.467 e. The number of furan rings is 1. The average Bonchev–Trinajstić information content (AvgIpc) is 3.35. The fourth-order valence-corrected chi connectivity index (χ4v) is 3.26. The fourth-order valence-electron chi connectivity index (χ4n) is 3.26. The first-order valence-electron chi connectivity index (χ1n) is 10.6. The van der Waals surface area contributed by atoms with Crippen LogP contribution in [0.3, 0.4) is 0 Å². The number of nitrogens with zero attached hydrogens (tertiary/aromatic N) is 3. The molecule has 1 aromatic heterocycles. The molecule has 3 aromatic rings. The molecule has 0 radical (unpaired) electrons. The predicted molar refractivity (Wildman–Crippen MR) is 126 cm³/mol. The Balaban J connectivity index is 1.68. The van der Waals surface area contributed by atoms with Crippen molar-refractivity contribution in [3.8, 4) is 6.07 Å². The van der Waals surface area contributed by atoms with Crippen LogP contribution >= 0.6 is 0 Å². The summed E-state index contributed by atoms with van der Waals surface area (Å²) in [6.45, 7) is 4.61. The standard InChI is InChI=1S/C26H26N4O3/c1-2-15-30(26(32)28-23-12-10-22(18-27)11-13-23)20-25(31)29(19-24-9-6-17-33-24)16-14-21-7-4-3-5-8-21/h2-13,17H,1,14-16,19-20H2,(H,28,32). The molecule has 7 heteroatoms. The largest absolute Gasteiger partial charge is 0.467 e. The van der Waals surface area contributed by atoms with Crippen LogP contribution < -0.4 is 5.32 Å². The van der Waals surface area contributed by atoms with E-state index < -0.39 is 6.03 Å². The normalized spacial score (nSPS) is 10.2. The average molecular weight is 443 g/mol. The highest BCUT2D eigenvalue weighted by Gasteiger charge is 2.21. The molecule has 0 aliphatic carbocycles. The number of nitrogens with one attached hydrogen (secondary N) is 1. The molecule has 2 aromatic carbocycles. The number of carbonyl (C=O) groups excluding carboxylic acids is 2. The lowest BCUT2D eigenvalue weighted by Crippen LogP contribution is -2.44. The minimum absolute atomic E-state index is 0.108. The highest BCUT2D eigenvalue weighted by Crippen LogP contribution is 2.12. The van der Waals surface area contributed by atoms with Gasteiger partial charge >= 0.3 is 6.03 Å². The number of nitriles is 1. The maximum Gasteiger partial charge on any atom is 0.322 e. The number of anilines is 1. The van der Waals surface area contributed by atoms with Gasteiger partial charge in [0.2, 0.25) is 5.91 Å². The number of amides is 3. The van der Waals surface area contributed by atoms with E-state index in [9.17, 15) is 9.59 Å². The van der Waals surface area contributed by atoms with Gasteiger partial charge in [-0.25, -0.2) is 4.79 Å². The Bertz CT molecular complexity index is 1090. The molecule has 33 heavy (non-hydrogen) atoms. The Morgan fingerprint density at radius 3 is 2.42 bits per heavy atom. The van der Waals surface area contributed by atoms with E-state index >= 15 is 0 Å². The Morgan fingerprint density at radius 1 is 1.03 bits per heavy atom. The summed E-state index contributed by atoms with van der Waals surface area (Å²) in [7, 11) is 0. The topological polar surface area (TPSA) is 89.6 Å². The van der Waals surface area contributed by atoms with E-state index in [1.54, 1.807) is 47.6 Å². The third-order valence-corrected chi connectivity index (χ3v) is 5.02. The smallest absolute Gasteiger partial charge is 0.322 e. The van der Waals surface area contributed by atoms with Crippen LogP contribution in [0.25, 0.3) is 0 Å². The van der Waals surface area contributed by atoms with Gasteiger partial charge in [-0.15, -0.1) is 6.58 Å². The number of rotatable bonds is 10. The van der Waals surface area contributed by atoms with Crippen molar-refractivity contribution in [2.24, 2.45) is 0 Å². The molecule has 0 bridgehead atoms. The zero-order chi connectivity index (χ0) is 23.5. The molecule has 0 saturated heterocycles. The first-order chi connectivity index (χ1) is 16.1. The predicted octanol–water partition coefficient (Wildman–Crippen LogP) is 4.44. The van der Waals surface area contributed by atoms with E-state index in [4.69, 9.17) is 9.68 Å². The summed E-state index contributed by atoms with van der Waals surface area (Å²) in [6, 6.07) is 21.7. The Labute approximate surface area is 193 Å². The summed E-state index contributed by atoms with van der Waals surface area (Å²) in [5.41, 5.74) is 2.16.